The Morgan fingerprint density at radius 2 is 1.04 bits per heavy atom. The SMILES string of the molecule is C1CCOC1.CCN.CCNCCOc1ccc2c(c1)c(S(=O)(=O)c1cccc3ccccc13)nn2C.Cc1ccc(S(=O)(=O)OCCOc2ccc3c(c2)c(S(=O)(=O)c2cccc4ccccc24)nn3C)cc1. The number of sulfone groups is 2. The minimum atomic E-state index is -3.96. The number of benzene rings is 7. The zero-order chi connectivity index (χ0) is 52.9. The van der Waals surface area contributed by atoms with Crippen molar-refractivity contribution in [1.29, 1.82) is 0 Å². The lowest BCUT2D eigenvalue weighted by Crippen LogP contribution is -2.20. The topological polar surface area (TPSA) is 213 Å². The first-order valence-corrected chi connectivity index (χ1v) is 28.6. The number of nitrogens with two attached hydrogens (primary N) is 1. The first-order chi connectivity index (χ1) is 35.6. The van der Waals surface area contributed by atoms with E-state index in [9.17, 15) is 25.3 Å². The molecule has 0 saturated carbocycles. The van der Waals surface area contributed by atoms with Gasteiger partial charge in [0, 0.05) is 55.4 Å². The molecule has 0 aliphatic carbocycles. The highest BCUT2D eigenvalue weighted by atomic mass is 32.2. The fourth-order valence-corrected chi connectivity index (χ4v) is 12.2. The molecule has 1 fully saturated rings. The fourth-order valence-electron chi connectivity index (χ4n) is 8.07. The number of fused-ring (bicyclic) bond motifs is 4. The maximum absolute atomic E-state index is 13.7. The van der Waals surface area contributed by atoms with Gasteiger partial charge in [-0.2, -0.15) is 18.6 Å². The van der Waals surface area contributed by atoms with Gasteiger partial charge < -0.3 is 25.3 Å². The highest BCUT2D eigenvalue weighted by Crippen LogP contribution is 2.35. The second kappa shape index (κ2) is 25.0. The Hall–Kier alpha value is -6.71. The van der Waals surface area contributed by atoms with Crippen LogP contribution in [-0.4, -0.2) is 97.5 Å². The number of aryl methyl sites for hydroxylation is 3. The summed E-state index contributed by atoms with van der Waals surface area (Å²) in [5, 5.41) is 15.8. The number of likely N-dealkylation sites (N-methyl/N-ethyl adjacent to an activating group) is 1. The summed E-state index contributed by atoms with van der Waals surface area (Å²) in [7, 11) is -8.26. The van der Waals surface area contributed by atoms with Gasteiger partial charge in [-0.15, -0.1) is 0 Å². The van der Waals surface area contributed by atoms with E-state index < -0.39 is 29.8 Å². The molecule has 0 bridgehead atoms. The van der Waals surface area contributed by atoms with Crippen molar-refractivity contribution in [2.24, 2.45) is 19.8 Å². The Balaban J connectivity index is 0.000000192. The molecule has 16 nitrogen and oxygen atoms in total. The van der Waals surface area contributed by atoms with Crippen LogP contribution in [0.1, 0.15) is 32.3 Å². The van der Waals surface area contributed by atoms with E-state index in [1.54, 1.807) is 91.6 Å². The van der Waals surface area contributed by atoms with Gasteiger partial charge >= 0.3 is 0 Å². The summed E-state index contributed by atoms with van der Waals surface area (Å²) in [6.07, 6.45) is 2.56. The second-order valence-corrected chi connectivity index (χ2v) is 22.3. The van der Waals surface area contributed by atoms with E-state index in [2.05, 4.69) is 15.5 Å². The van der Waals surface area contributed by atoms with Gasteiger partial charge in [0.2, 0.25) is 19.7 Å². The Kier molecular flexibility index (Phi) is 18.6. The summed E-state index contributed by atoms with van der Waals surface area (Å²) >= 11 is 0. The molecular weight excluding hydrogens is 1000 g/mol. The van der Waals surface area contributed by atoms with Crippen LogP contribution < -0.4 is 20.5 Å². The molecule has 0 unspecified atom stereocenters. The largest absolute Gasteiger partial charge is 0.492 e. The third-order valence-corrected chi connectivity index (χ3v) is 16.5. The first-order valence-electron chi connectivity index (χ1n) is 24.2. The average Bonchev–Trinajstić information content (AvgIpc) is 4.18. The lowest BCUT2D eigenvalue weighted by Gasteiger charge is -2.09. The maximum Gasteiger partial charge on any atom is 0.297 e. The predicted molar refractivity (Wildman–Crippen MR) is 289 cm³/mol. The van der Waals surface area contributed by atoms with E-state index >= 15 is 0 Å². The molecule has 1 saturated heterocycles. The number of rotatable bonds is 15. The second-order valence-electron chi connectivity index (χ2n) is 17.0. The molecular formula is C55H62N6O10S3. The monoisotopic (exact) mass is 1060 g/mol. The zero-order valence-corrected chi connectivity index (χ0v) is 44.6. The van der Waals surface area contributed by atoms with Crippen LogP contribution in [0.5, 0.6) is 11.5 Å². The minimum absolute atomic E-state index is 0.0449. The first kappa shape index (κ1) is 55.0. The fraction of sp³-hybridized carbons (Fsp3) is 0.273. The number of aromatic nitrogens is 4. The van der Waals surface area contributed by atoms with Crippen molar-refractivity contribution < 1.29 is 43.6 Å². The highest BCUT2D eigenvalue weighted by molar-refractivity contribution is 7.92. The molecule has 0 spiro atoms. The van der Waals surface area contributed by atoms with Crippen LogP contribution >= 0.6 is 0 Å². The number of ether oxygens (including phenoxy) is 3. The molecule has 3 N–H and O–H groups in total. The Labute approximate surface area is 433 Å². The van der Waals surface area contributed by atoms with Crippen LogP contribution in [0.25, 0.3) is 43.4 Å². The molecule has 10 rings (SSSR count). The molecule has 7 aromatic carbocycles. The van der Waals surface area contributed by atoms with Crippen LogP contribution in [0.15, 0.2) is 170 Å². The van der Waals surface area contributed by atoms with Gasteiger partial charge in [0.25, 0.3) is 10.1 Å². The van der Waals surface area contributed by atoms with Gasteiger partial charge in [0.05, 0.1) is 25.7 Å². The molecule has 0 amide bonds. The Bertz CT molecular complexity index is 3670. The lowest BCUT2D eigenvalue weighted by molar-refractivity contribution is 0.198. The Morgan fingerprint density at radius 1 is 0.581 bits per heavy atom. The van der Waals surface area contributed by atoms with Crippen LogP contribution in [0.3, 0.4) is 0 Å². The molecule has 19 heteroatoms. The minimum Gasteiger partial charge on any atom is -0.492 e. The van der Waals surface area contributed by atoms with Gasteiger partial charge in [-0.3, -0.25) is 13.5 Å². The number of hydrogen-bond acceptors (Lipinski definition) is 14. The normalized spacial score (nSPS) is 12.7. The van der Waals surface area contributed by atoms with Crippen molar-refractivity contribution in [1.82, 2.24) is 24.9 Å². The summed E-state index contributed by atoms with van der Waals surface area (Å²) in [4.78, 5) is 0.499. The van der Waals surface area contributed by atoms with Gasteiger partial charge in [-0.1, -0.05) is 104 Å². The summed E-state index contributed by atoms with van der Waals surface area (Å²) in [5.41, 5.74) is 7.14. The molecule has 3 heterocycles. The van der Waals surface area contributed by atoms with Crippen LogP contribution in [0, 0.1) is 6.92 Å². The quantitative estimate of drug-likeness (QED) is 0.0725. The number of nitrogens with zero attached hydrogens (tertiary/aromatic N) is 4. The standard InChI is InChI=1S/C27H24N2O6S2.C22H23N3O3S.C4H8O.C2H7N/c1-19-10-13-22(14-11-19)37(32,33)35-17-16-34-21-12-15-25-24(18-21)27(28-29(25)2)36(30,31)26-9-5-7-20-6-3-4-8-23(20)26;1-3-23-13-14-28-17-11-12-20-19(15-17)22(24-25(20)2)29(26,27)21-10-6-8-16-7-4-5-9-18(16)21;1-2-4-5-3-1;1-2-3/h3-15,18H,16-17H2,1-2H3;4-12,15,23H,3,13-14H2,1-2H3;1-4H2;2-3H2,1H3. The average molecular weight is 1060 g/mol. The van der Waals surface area contributed by atoms with Crippen molar-refractivity contribution in [3.8, 4) is 11.5 Å². The van der Waals surface area contributed by atoms with E-state index in [1.807, 2.05) is 81.4 Å². The molecule has 0 atom stereocenters. The predicted octanol–water partition coefficient (Wildman–Crippen LogP) is 8.96. The number of hydrogen-bond donors (Lipinski definition) is 2. The van der Waals surface area contributed by atoms with Gasteiger partial charge in [0.1, 0.15) is 31.3 Å². The smallest absolute Gasteiger partial charge is 0.297 e. The maximum atomic E-state index is 13.7. The summed E-state index contributed by atoms with van der Waals surface area (Å²) < 4.78 is 104. The van der Waals surface area contributed by atoms with Crippen LogP contribution in [0.2, 0.25) is 0 Å². The van der Waals surface area contributed by atoms with E-state index in [4.69, 9.17) is 24.1 Å². The van der Waals surface area contributed by atoms with Crippen molar-refractivity contribution >= 4 is 73.1 Å². The molecule has 390 valence electrons. The van der Waals surface area contributed by atoms with Crippen molar-refractivity contribution in [3.05, 3.63) is 151 Å². The van der Waals surface area contributed by atoms with Crippen molar-refractivity contribution in [2.75, 3.05) is 52.7 Å². The van der Waals surface area contributed by atoms with Crippen molar-refractivity contribution in [2.45, 2.75) is 58.4 Å². The van der Waals surface area contributed by atoms with Gasteiger partial charge in [-0.25, -0.2) is 16.8 Å². The molecule has 0 radical (unpaired) electrons. The zero-order valence-electron chi connectivity index (χ0n) is 42.1. The molecule has 2 aromatic heterocycles. The van der Waals surface area contributed by atoms with Crippen LogP contribution in [0.4, 0.5) is 0 Å². The molecule has 1 aliphatic heterocycles. The number of nitrogens with one attached hydrogen (secondary N) is 1. The van der Waals surface area contributed by atoms with Crippen LogP contribution in [-0.2, 0) is 52.8 Å². The third-order valence-electron chi connectivity index (χ3n) is 11.7. The summed E-state index contributed by atoms with van der Waals surface area (Å²) in [5.74, 6) is 0.990. The van der Waals surface area contributed by atoms with Gasteiger partial charge in [0.15, 0.2) is 10.1 Å². The summed E-state index contributed by atoms with van der Waals surface area (Å²) in [6, 6.07) is 42.0. The highest BCUT2D eigenvalue weighted by Gasteiger charge is 2.28. The van der Waals surface area contributed by atoms with E-state index in [0.717, 1.165) is 54.7 Å². The van der Waals surface area contributed by atoms with E-state index in [0.29, 0.717) is 45.2 Å². The van der Waals surface area contributed by atoms with E-state index in [1.165, 1.54) is 29.7 Å². The molecule has 1 aliphatic rings. The molecule has 9 aromatic rings. The van der Waals surface area contributed by atoms with Gasteiger partial charge in [-0.05, 0) is 104 Å². The molecule has 74 heavy (non-hydrogen) atoms. The lowest BCUT2D eigenvalue weighted by atomic mass is 10.1. The third kappa shape index (κ3) is 13.0. The summed E-state index contributed by atoms with van der Waals surface area (Å²) in [6.45, 7) is 10.4. The van der Waals surface area contributed by atoms with E-state index in [-0.39, 0.29) is 38.0 Å². The van der Waals surface area contributed by atoms with Crippen molar-refractivity contribution in [3.63, 3.8) is 0 Å². The Morgan fingerprint density at radius 3 is 1.50 bits per heavy atom.